The minimum atomic E-state index is -0.641. The first-order valence-corrected chi connectivity index (χ1v) is 6.10. The van der Waals surface area contributed by atoms with E-state index >= 15 is 0 Å². The van der Waals surface area contributed by atoms with Crippen molar-refractivity contribution in [2.24, 2.45) is 0 Å². The average Bonchev–Trinajstić information content (AvgIpc) is 2.15. The second-order valence-corrected chi connectivity index (χ2v) is 6.37. The summed E-state index contributed by atoms with van der Waals surface area (Å²) in [7, 11) is 0. The minimum absolute atomic E-state index is 0.0999. The van der Waals surface area contributed by atoms with Crippen LogP contribution in [0.4, 0.5) is 0 Å². The van der Waals surface area contributed by atoms with Crippen LogP contribution in [0.15, 0.2) is 24.3 Å². The van der Waals surface area contributed by atoms with Gasteiger partial charge in [0.25, 0.3) is 0 Å². The lowest BCUT2D eigenvalue weighted by Gasteiger charge is -2.19. The molecule has 0 aromatic heterocycles. The summed E-state index contributed by atoms with van der Waals surface area (Å²) in [4.78, 5) is 11.5. The molecule has 1 unspecified atom stereocenters. The summed E-state index contributed by atoms with van der Waals surface area (Å²) >= 11 is 8.71. The first-order chi connectivity index (χ1) is 6.82. The van der Waals surface area contributed by atoms with Gasteiger partial charge in [-0.1, -0.05) is 61.0 Å². The largest absolute Gasteiger partial charge is 0.292 e. The maximum Gasteiger partial charge on any atom is 0.191 e. The Morgan fingerprint density at radius 1 is 1.27 bits per heavy atom. The second kappa shape index (κ2) is 4.67. The Kier molecular flexibility index (Phi) is 3.96. The molecule has 0 bridgehead atoms. The van der Waals surface area contributed by atoms with Gasteiger partial charge in [0, 0.05) is 5.56 Å². The van der Waals surface area contributed by atoms with Gasteiger partial charge in [-0.3, -0.25) is 4.79 Å². The number of ketones is 1. The van der Waals surface area contributed by atoms with E-state index in [-0.39, 0.29) is 11.2 Å². The predicted octanol–water partition coefficient (Wildman–Crippen LogP) is 4.13. The van der Waals surface area contributed by atoms with E-state index in [9.17, 15) is 4.79 Å². The highest BCUT2D eigenvalue weighted by atomic mass is 79.9. The molecule has 82 valence electrons. The molecule has 3 heteroatoms. The molecule has 0 amide bonds. The summed E-state index contributed by atoms with van der Waals surface area (Å²) in [5.41, 5.74) is 1.95. The molecule has 0 saturated heterocycles. The molecule has 0 aliphatic rings. The van der Waals surface area contributed by atoms with Crippen LogP contribution in [0.5, 0.6) is 0 Å². The zero-order valence-electron chi connectivity index (χ0n) is 9.05. The van der Waals surface area contributed by atoms with Crippen molar-refractivity contribution >= 4 is 33.3 Å². The highest BCUT2D eigenvalue weighted by Gasteiger charge is 2.16. The van der Waals surface area contributed by atoms with E-state index in [4.69, 9.17) is 11.6 Å². The number of hydrogen-bond donors (Lipinski definition) is 0. The Labute approximate surface area is 104 Å². The molecule has 0 fully saturated rings. The lowest BCUT2D eigenvalue weighted by Crippen LogP contribution is -2.12. The zero-order valence-corrected chi connectivity index (χ0v) is 11.4. The molecular formula is C12H14BrClO. The summed E-state index contributed by atoms with van der Waals surface area (Å²) in [5.74, 6) is -0.0999. The topological polar surface area (TPSA) is 17.1 Å². The Balaban J connectivity index is 2.96. The van der Waals surface area contributed by atoms with Crippen molar-refractivity contribution in [2.45, 2.75) is 30.5 Å². The SMILES string of the molecule is CC(C)(C)c1ccc(C(=O)C(Cl)Br)cc1. The third-order valence-corrected chi connectivity index (χ3v) is 2.85. The molecule has 1 rings (SSSR count). The molecule has 15 heavy (non-hydrogen) atoms. The van der Waals surface area contributed by atoms with Crippen molar-refractivity contribution in [2.75, 3.05) is 0 Å². The Hall–Kier alpha value is -0.340. The number of rotatable bonds is 2. The maximum atomic E-state index is 11.5. The number of carbonyl (C=O) groups excluding carboxylic acids is 1. The molecule has 0 N–H and O–H groups in total. The van der Waals surface area contributed by atoms with E-state index in [1.807, 2.05) is 24.3 Å². The van der Waals surface area contributed by atoms with Crippen molar-refractivity contribution < 1.29 is 4.79 Å². The summed E-state index contributed by atoms with van der Waals surface area (Å²) < 4.78 is -0.641. The molecular weight excluding hydrogens is 275 g/mol. The van der Waals surface area contributed by atoms with E-state index in [0.717, 1.165) is 0 Å². The highest BCUT2D eigenvalue weighted by Crippen LogP contribution is 2.23. The van der Waals surface area contributed by atoms with Gasteiger partial charge >= 0.3 is 0 Å². The molecule has 0 saturated carbocycles. The van der Waals surface area contributed by atoms with Gasteiger partial charge in [-0.05, 0) is 11.0 Å². The summed E-state index contributed by atoms with van der Waals surface area (Å²) in [6.07, 6.45) is 0. The molecule has 0 radical (unpaired) electrons. The number of Topliss-reactive ketones (excluding diaryl/α,β-unsaturated/α-hetero) is 1. The summed E-state index contributed by atoms with van der Waals surface area (Å²) in [6.45, 7) is 6.41. The standard InChI is InChI=1S/C12H14BrClO/c1-12(2,3)9-6-4-8(5-7-9)10(15)11(13)14/h4-7,11H,1-3H3. The summed E-state index contributed by atoms with van der Waals surface area (Å²) in [5, 5.41) is 0. The first kappa shape index (κ1) is 12.7. The quantitative estimate of drug-likeness (QED) is 0.591. The lowest BCUT2D eigenvalue weighted by molar-refractivity contribution is 0.101. The van der Waals surface area contributed by atoms with Gasteiger partial charge in [-0.25, -0.2) is 0 Å². The fraction of sp³-hybridized carbons (Fsp3) is 0.417. The third-order valence-electron chi connectivity index (χ3n) is 2.23. The molecule has 1 nitrogen and oxygen atoms in total. The zero-order chi connectivity index (χ0) is 11.6. The van der Waals surface area contributed by atoms with Crippen molar-refractivity contribution in [3.63, 3.8) is 0 Å². The first-order valence-electron chi connectivity index (χ1n) is 4.75. The van der Waals surface area contributed by atoms with E-state index < -0.39 is 4.29 Å². The molecule has 1 atom stereocenters. The van der Waals surface area contributed by atoms with Crippen molar-refractivity contribution in [1.82, 2.24) is 0 Å². The van der Waals surface area contributed by atoms with Crippen LogP contribution in [0.2, 0.25) is 0 Å². The van der Waals surface area contributed by atoms with E-state index in [0.29, 0.717) is 5.56 Å². The third kappa shape index (κ3) is 3.32. The molecule has 1 aromatic rings. The van der Waals surface area contributed by atoms with Crippen molar-refractivity contribution in [1.29, 1.82) is 0 Å². The van der Waals surface area contributed by atoms with Gasteiger partial charge < -0.3 is 0 Å². The van der Waals surface area contributed by atoms with Crippen LogP contribution in [-0.4, -0.2) is 10.1 Å². The van der Waals surface area contributed by atoms with Gasteiger partial charge in [0.2, 0.25) is 0 Å². The van der Waals surface area contributed by atoms with Crippen LogP contribution >= 0.6 is 27.5 Å². The van der Waals surface area contributed by atoms with Crippen LogP contribution in [0.1, 0.15) is 36.7 Å². The molecule has 1 aromatic carbocycles. The average molecular weight is 290 g/mol. The van der Waals surface area contributed by atoms with Gasteiger partial charge in [-0.15, -0.1) is 11.6 Å². The van der Waals surface area contributed by atoms with Gasteiger partial charge in [0.1, 0.15) is 0 Å². The summed E-state index contributed by atoms with van der Waals surface area (Å²) in [6, 6.07) is 7.58. The van der Waals surface area contributed by atoms with Gasteiger partial charge in [0.05, 0.1) is 0 Å². The Morgan fingerprint density at radius 2 is 1.73 bits per heavy atom. The molecule has 0 aliphatic carbocycles. The number of alkyl halides is 2. The second-order valence-electron chi connectivity index (χ2n) is 4.49. The highest BCUT2D eigenvalue weighted by molar-refractivity contribution is 9.10. The van der Waals surface area contributed by atoms with E-state index in [1.54, 1.807) is 0 Å². The van der Waals surface area contributed by atoms with Gasteiger partial charge in [0.15, 0.2) is 10.1 Å². The van der Waals surface area contributed by atoms with Crippen molar-refractivity contribution in [3.05, 3.63) is 35.4 Å². The fourth-order valence-corrected chi connectivity index (χ4v) is 1.65. The maximum absolute atomic E-state index is 11.5. The Bertz CT molecular complexity index is 349. The molecule has 0 spiro atoms. The van der Waals surface area contributed by atoms with Crippen LogP contribution in [0, 0.1) is 0 Å². The number of halogens is 2. The number of benzene rings is 1. The van der Waals surface area contributed by atoms with Crippen LogP contribution in [0.25, 0.3) is 0 Å². The smallest absolute Gasteiger partial charge is 0.191 e. The number of hydrogen-bond acceptors (Lipinski definition) is 1. The predicted molar refractivity (Wildman–Crippen MR) is 68.0 cm³/mol. The van der Waals surface area contributed by atoms with Crippen LogP contribution < -0.4 is 0 Å². The van der Waals surface area contributed by atoms with Crippen molar-refractivity contribution in [3.8, 4) is 0 Å². The molecule has 0 aliphatic heterocycles. The fourth-order valence-electron chi connectivity index (χ4n) is 1.26. The van der Waals surface area contributed by atoms with Crippen LogP contribution in [0.3, 0.4) is 0 Å². The van der Waals surface area contributed by atoms with Gasteiger partial charge in [-0.2, -0.15) is 0 Å². The molecule has 0 heterocycles. The van der Waals surface area contributed by atoms with E-state index in [1.165, 1.54) is 5.56 Å². The van der Waals surface area contributed by atoms with Crippen LogP contribution in [-0.2, 0) is 5.41 Å². The Morgan fingerprint density at radius 3 is 2.07 bits per heavy atom. The lowest BCUT2D eigenvalue weighted by atomic mass is 9.86. The minimum Gasteiger partial charge on any atom is -0.292 e. The normalized spacial score (nSPS) is 13.7. The monoisotopic (exact) mass is 288 g/mol. The number of carbonyl (C=O) groups is 1. The van der Waals surface area contributed by atoms with E-state index in [2.05, 4.69) is 36.7 Å².